The van der Waals surface area contributed by atoms with Crippen molar-refractivity contribution in [3.05, 3.63) is 82.3 Å². The molecule has 1 amide bonds. The number of anilines is 1. The number of aliphatic hydroxyl groups is 1. The fourth-order valence-electron chi connectivity index (χ4n) is 4.28. The molecule has 0 spiro atoms. The van der Waals surface area contributed by atoms with Gasteiger partial charge in [0.05, 0.1) is 5.57 Å². The average Bonchev–Trinajstić information content (AvgIpc) is 3.35. The van der Waals surface area contributed by atoms with Gasteiger partial charge >= 0.3 is 0 Å². The van der Waals surface area contributed by atoms with Gasteiger partial charge in [-0.3, -0.25) is 14.5 Å². The Kier molecular flexibility index (Phi) is 4.96. The number of amides is 1. The van der Waals surface area contributed by atoms with E-state index in [2.05, 4.69) is 0 Å². The largest absolute Gasteiger partial charge is 0.507 e. The monoisotopic (exact) mass is 445 g/mol. The fourth-order valence-corrected chi connectivity index (χ4v) is 4.28. The molecule has 3 aromatic rings. The Bertz CT molecular complexity index is 1320. The van der Waals surface area contributed by atoms with Crippen molar-refractivity contribution in [2.24, 2.45) is 0 Å². The molecule has 7 heteroatoms. The lowest BCUT2D eigenvalue weighted by atomic mass is 9.98. The predicted molar refractivity (Wildman–Crippen MR) is 122 cm³/mol. The lowest BCUT2D eigenvalue weighted by Crippen LogP contribution is -2.30. The third kappa shape index (κ3) is 3.46. The molecule has 2 aliphatic rings. The molecule has 7 nitrogen and oxygen atoms in total. The Morgan fingerprint density at radius 3 is 2.42 bits per heavy atom. The van der Waals surface area contributed by atoms with Crippen molar-refractivity contribution in [3.63, 3.8) is 0 Å². The second-order valence-corrected chi connectivity index (χ2v) is 8.27. The van der Waals surface area contributed by atoms with Crippen LogP contribution in [0.1, 0.15) is 34.3 Å². The minimum absolute atomic E-state index is 0.0352. The van der Waals surface area contributed by atoms with E-state index in [1.807, 2.05) is 32.0 Å². The number of ether oxygens (including phenoxy) is 2. The van der Waals surface area contributed by atoms with Crippen LogP contribution < -0.4 is 14.4 Å². The summed E-state index contributed by atoms with van der Waals surface area (Å²) in [6.07, 6.45) is 0. The molecule has 1 N–H and O–H groups in total. The number of ketones is 1. The van der Waals surface area contributed by atoms with Crippen molar-refractivity contribution in [2.75, 3.05) is 18.1 Å². The molecule has 0 saturated carbocycles. The van der Waals surface area contributed by atoms with Gasteiger partial charge in [0.1, 0.15) is 36.5 Å². The van der Waals surface area contributed by atoms with Crippen molar-refractivity contribution >= 4 is 23.1 Å². The first-order valence-electron chi connectivity index (χ1n) is 10.7. The normalized spacial score (nSPS) is 19.2. The van der Waals surface area contributed by atoms with Crippen LogP contribution in [0.5, 0.6) is 11.5 Å². The fraction of sp³-hybridized carbons (Fsp3) is 0.231. The minimum atomic E-state index is -0.910. The second kappa shape index (κ2) is 7.85. The number of rotatable bonds is 3. The van der Waals surface area contributed by atoms with Crippen LogP contribution in [0.3, 0.4) is 0 Å². The molecule has 0 aliphatic carbocycles. The highest BCUT2D eigenvalue weighted by Gasteiger charge is 2.48. The summed E-state index contributed by atoms with van der Waals surface area (Å²) in [4.78, 5) is 28.0. The number of hydrogen-bond acceptors (Lipinski definition) is 6. The van der Waals surface area contributed by atoms with Gasteiger partial charge in [0, 0.05) is 11.3 Å². The SMILES string of the molecule is Cc1ccc(C)c(N2C(=O)C(=O)/C(=C(\O)c3ccc4c(c3)OCCO4)C2c2ccc(C)o2)c1. The lowest BCUT2D eigenvalue weighted by molar-refractivity contribution is -0.132. The number of benzene rings is 2. The van der Waals surface area contributed by atoms with Gasteiger partial charge in [0.25, 0.3) is 11.7 Å². The van der Waals surface area contributed by atoms with Crippen LogP contribution in [0, 0.1) is 20.8 Å². The first kappa shape index (κ1) is 20.9. The van der Waals surface area contributed by atoms with Crippen LogP contribution in [-0.2, 0) is 9.59 Å². The zero-order valence-corrected chi connectivity index (χ0v) is 18.5. The summed E-state index contributed by atoms with van der Waals surface area (Å²) in [5.41, 5.74) is 2.68. The number of carbonyl (C=O) groups is 2. The van der Waals surface area contributed by atoms with E-state index in [1.54, 1.807) is 37.3 Å². The maximum absolute atomic E-state index is 13.3. The van der Waals surface area contributed by atoms with Crippen LogP contribution in [0.2, 0.25) is 0 Å². The van der Waals surface area contributed by atoms with Gasteiger partial charge in [-0.1, -0.05) is 12.1 Å². The number of hydrogen-bond donors (Lipinski definition) is 1. The summed E-state index contributed by atoms with van der Waals surface area (Å²) in [6.45, 7) is 6.41. The Hall–Kier alpha value is -4.00. The Balaban J connectivity index is 1.71. The quantitative estimate of drug-likeness (QED) is 0.360. The number of carbonyl (C=O) groups excluding carboxylic acids is 2. The molecule has 5 rings (SSSR count). The van der Waals surface area contributed by atoms with E-state index in [0.717, 1.165) is 11.1 Å². The summed E-state index contributed by atoms with van der Waals surface area (Å²) in [7, 11) is 0. The van der Waals surface area contributed by atoms with E-state index in [4.69, 9.17) is 13.9 Å². The van der Waals surface area contributed by atoms with Gasteiger partial charge in [-0.05, 0) is 68.3 Å². The van der Waals surface area contributed by atoms with Crippen LogP contribution in [-0.4, -0.2) is 30.0 Å². The van der Waals surface area contributed by atoms with Crippen molar-refractivity contribution < 1.29 is 28.6 Å². The summed E-state index contributed by atoms with van der Waals surface area (Å²) in [5, 5.41) is 11.3. The van der Waals surface area contributed by atoms with Gasteiger partial charge in [-0.25, -0.2) is 0 Å². The van der Waals surface area contributed by atoms with Crippen LogP contribution in [0.15, 0.2) is 58.5 Å². The molecule has 1 fully saturated rings. The highest BCUT2D eigenvalue weighted by Crippen LogP contribution is 2.44. The number of furan rings is 1. The first-order chi connectivity index (χ1) is 15.8. The maximum Gasteiger partial charge on any atom is 0.300 e. The number of nitrogens with zero attached hydrogens (tertiary/aromatic N) is 1. The van der Waals surface area contributed by atoms with Crippen molar-refractivity contribution in [3.8, 4) is 11.5 Å². The van der Waals surface area contributed by atoms with Crippen LogP contribution >= 0.6 is 0 Å². The van der Waals surface area contributed by atoms with Gasteiger partial charge in [0.15, 0.2) is 11.5 Å². The van der Waals surface area contributed by atoms with Gasteiger partial charge < -0.3 is 19.0 Å². The topological polar surface area (TPSA) is 89.2 Å². The third-order valence-electron chi connectivity index (χ3n) is 5.91. The molecule has 0 radical (unpaired) electrons. The molecule has 1 saturated heterocycles. The zero-order chi connectivity index (χ0) is 23.3. The van der Waals surface area contributed by atoms with Crippen LogP contribution in [0.25, 0.3) is 5.76 Å². The molecule has 2 aliphatic heterocycles. The Morgan fingerprint density at radius 2 is 1.70 bits per heavy atom. The van der Waals surface area contributed by atoms with E-state index >= 15 is 0 Å². The van der Waals surface area contributed by atoms with E-state index in [0.29, 0.717) is 47.5 Å². The summed E-state index contributed by atoms with van der Waals surface area (Å²) < 4.78 is 17.0. The molecular formula is C26H23NO6. The highest BCUT2D eigenvalue weighted by atomic mass is 16.6. The van der Waals surface area contributed by atoms with E-state index in [9.17, 15) is 14.7 Å². The summed E-state index contributed by atoms with van der Waals surface area (Å²) >= 11 is 0. The van der Waals surface area contributed by atoms with Crippen molar-refractivity contribution in [2.45, 2.75) is 26.8 Å². The standard InChI is InChI=1S/C26H23NO6/c1-14-4-5-15(2)18(12-14)27-23(20-8-6-16(3)33-20)22(25(29)26(27)30)24(28)17-7-9-19-21(13-17)32-11-10-31-19/h4-9,12-13,23,28H,10-11H2,1-3H3/b24-22-. The second-order valence-electron chi connectivity index (χ2n) is 8.27. The lowest BCUT2D eigenvalue weighted by Gasteiger charge is -2.25. The van der Waals surface area contributed by atoms with Crippen molar-refractivity contribution in [1.29, 1.82) is 0 Å². The van der Waals surface area contributed by atoms with Crippen molar-refractivity contribution in [1.82, 2.24) is 0 Å². The van der Waals surface area contributed by atoms with E-state index in [1.165, 1.54) is 4.90 Å². The molecule has 3 heterocycles. The van der Waals surface area contributed by atoms with Gasteiger partial charge in [0.2, 0.25) is 0 Å². The molecule has 1 aromatic heterocycles. The maximum atomic E-state index is 13.3. The zero-order valence-electron chi connectivity index (χ0n) is 18.5. The molecule has 168 valence electrons. The predicted octanol–water partition coefficient (Wildman–Crippen LogP) is 4.60. The number of fused-ring (bicyclic) bond motifs is 1. The number of aliphatic hydroxyl groups excluding tert-OH is 1. The summed E-state index contributed by atoms with van der Waals surface area (Å²) in [5.74, 6) is 0.273. The summed E-state index contributed by atoms with van der Waals surface area (Å²) in [6, 6.07) is 13.2. The Morgan fingerprint density at radius 1 is 0.939 bits per heavy atom. The van der Waals surface area contributed by atoms with Gasteiger partial charge in [-0.2, -0.15) is 0 Å². The van der Waals surface area contributed by atoms with Gasteiger partial charge in [-0.15, -0.1) is 0 Å². The van der Waals surface area contributed by atoms with E-state index in [-0.39, 0.29) is 11.3 Å². The molecule has 0 bridgehead atoms. The number of aryl methyl sites for hydroxylation is 3. The smallest absolute Gasteiger partial charge is 0.300 e. The molecule has 2 aromatic carbocycles. The average molecular weight is 445 g/mol. The molecule has 33 heavy (non-hydrogen) atoms. The minimum Gasteiger partial charge on any atom is -0.507 e. The van der Waals surface area contributed by atoms with Crippen LogP contribution in [0.4, 0.5) is 5.69 Å². The molecule has 1 unspecified atom stereocenters. The first-order valence-corrected chi connectivity index (χ1v) is 10.7. The molecular weight excluding hydrogens is 422 g/mol. The van der Waals surface area contributed by atoms with E-state index < -0.39 is 17.7 Å². The Labute approximate surface area is 190 Å². The highest BCUT2D eigenvalue weighted by molar-refractivity contribution is 6.51. The third-order valence-corrected chi connectivity index (χ3v) is 5.91. The number of Topliss-reactive ketones (excluding diaryl/α,β-unsaturated/α-hetero) is 1. The molecule has 1 atom stereocenters.